The number of carbonyl (C=O) groups is 1. The lowest BCUT2D eigenvalue weighted by Gasteiger charge is -2.42. The molecule has 1 aromatic heterocycles. The summed E-state index contributed by atoms with van der Waals surface area (Å²) in [6, 6.07) is 0.617. The number of nitrogens with one attached hydrogen (secondary N) is 1. The van der Waals surface area contributed by atoms with Crippen LogP contribution in [0, 0.1) is 12.8 Å². The minimum Gasteiger partial charge on any atom is -0.383 e. The summed E-state index contributed by atoms with van der Waals surface area (Å²) in [5.74, 6) is 0.327. The molecule has 2 aliphatic heterocycles. The molecule has 7 heteroatoms. The van der Waals surface area contributed by atoms with Gasteiger partial charge in [0, 0.05) is 51.6 Å². The molecule has 0 aliphatic carbocycles. The number of aryl methyl sites for hydroxylation is 2. The third-order valence-electron chi connectivity index (χ3n) is 6.01. The zero-order chi connectivity index (χ0) is 19.2. The van der Waals surface area contributed by atoms with E-state index in [-0.39, 0.29) is 11.8 Å². The molecule has 1 aromatic rings. The Morgan fingerprint density at radius 2 is 2.07 bits per heavy atom. The van der Waals surface area contributed by atoms with Crippen LogP contribution in [0.2, 0.25) is 0 Å². The van der Waals surface area contributed by atoms with Gasteiger partial charge in [0.2, 0.25) is 5.91 Å². The molecule has 1 amide bonds. The SMILES string of the molecule is COCCNC(=O)C1CCCN(C2CCN(Cc3cn(C)nc3C)CC2)C1. The molecule has 0 spiro atoms. The van der Waals surface area contributed by atoms with Crippen molar-refractivity contribution in [1.29, 1.82) is 0 Å². The Balaban J connectivity index is 1.44. The molecule has 2 saturated heterocycles. The van der Waals surface area contributed by atoms with E-state index < -0.39 is 0 Å². The van der Waals surface area contributed by atoms with Crippen LogP contribution in [-0.4, -0.2) is 78.0 Å². The number of hydrogen-bond donors (Lipinski definition) is 1. The molecule has 0 radical (unpaired) electrons. The van der Waals surface area contributed by atoms with Crippen LogP contribution in [0.5, 0.6) is 0 Å². The van der Waals surface area contributed by atoms with E-state index in [4.69, 9.17) is 4.74 Å². The number of amides is 1. The summed E-state index contributed by atoms with van der Waals surface area (Å²) >= 11 is 0. The number of ether oxygens (including phenoxy) is 1. The summed E-state index contributed by atoms with van der Waals surface area (Å²) in [4.78, 5) is 17.5. The van der Waals surface area contributed by atoms with Crippen molar-refractivity contribution in [2.75, 3.05) is 46.4 Å². The van der Waals surface area contributed by atoms with E-state index in [9.17, 15) is 4.79 Å². The fourth-order valence-corrected chi connectivity index (χ4v) is 4.46. The number of piperidine rings is 2. The predicted octanol–water partition coefficient (Wildman–Crippen LogP) is 1.17. The van der Waals surface area contributed by atoms with Gasteiger partial charge in [-0.05, 0) is 52.2 Å². The average Bonchev–Trinajstić information content (AvgIpc) is 2.99. The van der Waals surface area contributed by atoms with E-state index in [0.29, 0.717) is 19.2 Å². The Kier molecular flexibility index (Phi) is 7.26. The summed E-state index contributed by atoms with van der Waals surface area (Å²) < 4.78 is 6.93. The highest BCUT2D eigenvalue weighted by Crippen LogP contribution is 2.25. The summed E-state index contributed by atoms with van der Waals surface area (Å²) in [5, 5.41) is 7.46. The van der Waals surface area contributed by atoms with E-state index in [0.717, 1.165) is 51.3 Å². The van der Waals surface area contributed by atoms with Crippen LogP contribution < -0.4 is 5.32 Å². The van der Waals surface area contributed by atoms with Gasteiger partial charge in [0.15, 0.2) is 0 Å². The largest absolute Gasteiger partial charge is 0.383 e. The third kappa shape index (κ3) is 5.53. The van der Waals surface area contributed by atoms with Crippen molar-refractivity contribution >= 4 is 5.91 Å². The second-order valence-corrected chi connectivity index (χ2v) is 8.04. The summed E-state index contributed by atoms with van der Waals surface area (Å²) in [6.07, 6.45) is 6.65. The second kappa shape index (κ2) is 9.66. The first-order valence-corrected chi connectivity index (χ1v) is 10.3. The normalized spacial score (nSPS) is 22.9. The Labute approximate surface area is 163 Å². The van der Waals surface area contributed by atoms with Crippen molar-refractivity contribution in [2.24, 2.45) is 13.0 Å². The molecular weight excluding hydrogens is 342 g/mol. The van der Waals surface area contributed by atoms with Crippen molar-refractivity contribution < 1.29 is 9.53 Å². The molecule has 0 bridgehead atoms. The molecule has 2 aliphatic rings. The van der Waals surface area contributed by atoms with Gasteiger partial charge in [-0.25, -0.2) is 0 Å². The molecule has 1 unspecified atom stereocenters. The zero-order valence-corrected chi connectivity index (χ0v) is 17.1. The standard InChI is InChI=1S/C20H35N5O2/c1-16-18(13-23(2)22-16)14-24-10-6-19(7-11-24)25-9-4-5-17(15-25)20(26)21-8-12-27-3/h13,17,19H,4-12,14-15H2,1-3H3,(H,21,26). The first kappa shape index (κ1) is 20.3. The van der Waals surface area contributed by atoms with Crippen LogP contribution in [0.4, 0.5) is 0 Å². The van der Waals surface area contributed by atoms with Crippen LogP contribution in [0.1, 0.15) is 36.9 Å². The van der Waals surface area contributed by atoms with Gasteiger partial charge in [0.25, 0.3) is 0 Å². The van der Waals surface area contributed by atoms with Gasteiger partial charge < -0.3 is 10.1 Å². The molecule has 3 rings (SSSR count). The molecule has 0 saturated carbocycles. The van der Waals surface area contributed by atoms with Crippen molar-refractivity contribution in [3.8, 4) is 0 Å². The molecule has 3 heterocycles. The molecular formula is C20H35N5O2. The van der Waals surface area contributed by atoms with E-state index in [1.54, 1.807) is 7.11 Å². The topological polar surface area (TPSA) is 62.6 Å². The molecule has 0 aromatic carbocycles. The quantitative estimate of drug-likeness (QED) is 0.723. The van der Waals surface area contributed by atoms with E-state index in [1.165, 1.54) is 18.4 Å². The van der Waals surface area contributed by atoms with Gasteiger partial charge in [-0.15, -0.1) is 0 Å². The summed E-state index contributed by atoms with van der Waals surface area (Å²) in [7, 11) is 3.65. The number of nitrogens with zero attached hydrogens (tertiary/aromatic N) is 4. The number of carbonyl (C=O) groups excluding carboxylic acids is 1. The molecule has 152 valence electrons. The van der Waals surface area contributed by atoms with E-state index in [1.807, 2.05) is 11.7 Å². The van der Waals surface area contributed by atoms with Gasteiger partial charge in [0.05, 0.1) is 18.2 Å². The average molecular weight is 378 g/mol. The van der Waals surface area contributed by atoms with Gasteiger partial charge in [-0.3, -0.25) is 19.3 Å². The van der Waals surface area contributed by atoms with Gasteiger partial charge in [-0.2, -0.15) is 5.10 Å². The zero-order valence-electron chi connectivity index (χ0n) is 17.1. The maximum atomic E-state index is 12.4. The van der Waals surface area contributed by atoms with Gasteiger partial charge in [-0.1, -0.05) is 0 Å². The Morgan fingerprint density at radius 3 is 2.74 bits per heavy atom. The monoisotopic (exact) mass is 377 g/mol. The van der Waals surface area contributed by atoms with Crippen molar-refractivity contribution in [1.82, 2.24) is 24.9 Å². The van der Waals surface area contributed by atoms with Crippen molar-refractivity contribution in [3.05, 3.63) is 17.5 Å². The highest BCUT2D eigenvalue weighted by molar-refractivity contribution is 5.78. The Morgan fingerprint density at radius 1 is 1.30 bits per heavy atom. The van der Waals surface area contributed by atoms with Crippen LogP contribution in [0.3, 0.4) is 0 Å². The fraction of sp³-hybridized carbons (Fsp3) is 0.800. The highest BCUT2D eigenvalue weighted by atomic mass is 16.5. The third-order valence-corrected chi connectivity index (χ3v) is 6.01. The fourth-order valence-electron chi connectivity index (χ4n) is 4.46. The predicted molar refractivity (Wildman–Crippen MR) is 105 cm³/mol. The number of hydrogen-bond acceptors (Lipinski definition) is 5. The number of methoxy groups -OCH3 is 1. The maximum absolute atomic E-state index is 12.4. The summed E-state index contributed by atoms with van der Waals surface area (Å²) in [5.41, 5.74) is 2.47. The lowest BCUT2D eigenvalue weighted by atomic mass is 9.93. The van der Waals surface area contributed by atoms with Gasteiger partial charge >= 0.3 is 0 Å². The molecule has 2 fully saturated rings. The van der Waals surface area contributed by atoms with E-state index in [2.05, 4.69) is 33.3 Å². The van der Waals surface area contributed by atoms with Crippen LogP contribution in [0.15, 0.2) is 6.20 Å². The van der Waals surface area contributed by atoms with Crippen molar-refractivity contribution in [3.63, 3.8) is 0 Å². The smallest absolute Gasteiger partial charge is 0.224 e. The molecule has 7 nitrogen and oxygen atoms in total. The highest BCUT2D eigenvalue weighted by Gasteiger charge is 2.31. The number of likely N-dealkylation sites (tertiary alicyclic amines) is 2. The summed E-state index contributed by atoms with van der Waals surface area (Å²) in [6.45, 7) is 8.57. The first-order chi connectivity index (χ1) is 13.1. The number of rotatable bonds is 7. The van der Waals surface area contributed by atoms with Crippen LogP contribution >= 0.6 is 0 Å². The molecule has 27 heavy (non-hydrogen) atoms. The lowest BCUT2D eigenvalue weighted by molar-refractivity contribution is -0.127. The second-order valence-electron chi connectivity index (χ2n) is 8.04. The molecule has 1 atom stereocenters. The minimum absolute atomic E-state index is 0.131. The Hall–Kier alpha value is -1.44. The minimum atomic E-state index is 0.131. The van der Waals surface area contributed by atoms with Crippen LogP contribution in [0.25, 0.3) is 0 Å². The molecule has 1 N–H and O–H groups in total. The maximum Gasteiger partial charge on any atom is 0.224 e. The first-order valence-electron chi connectivity index (χ1n) is 10.3. The van der Waals surface area contributed by atoms with Crippen molar-refractivity contribution in [2.45, 2.75) is 45.2 Å². The Bertz CT molecular complexity index is 610. The lowest BCUT2D eigenvalue weighted by Crippen LogP contribution is -2.50. The van der Waals surface area contributed by atoms with Crippen LogP contribution in [-0.2, 0) is 23.1 Å². The van der Waals surface area contributed by atoms with E-state index >= 15 is 0 Å². The number of aromatic nitrogens is 2. The van der Waals surface area contributed by atoms with Gasteiger partial charge in [0.1, 0.15) is 0 Å².